The highest BCUT2D eigenvalue weighted by Crippen LogP contribution is 2.25. The monoisotopic (exact) mass is 309 g/mol. The molecule has 23 heavy (non-hydrogen) atoms. The maximum absolute atomic E-state index is 11.5. The van der Waals surface area contributed by atoms with Gasteiger partial charge in [-0.25, -0.2) is 0 Å². The highest BCUT2D eigenvalue weighted by Gasteiger charge is 2.14. The number of carboxylic acid groups (broad SMARTS) is 1. The number of nitrogens with one attached hydrogen (secondary N) is 1. The molecule has 1 atom stereocenters. The van der Waals surface area contributed by atoms with E-state index in [9.17, 15) is 15.0 Å². The first-order valence-corrected chi connectivity index (χ1v) is 7.34. The van der Waals surface area contributed by atoms with Crippen molar-refractivity contribution >= 4 is 11.7 Å². The zero-order valence-electron chi connectivity index (χ0n) is 12.7. The van der Waals surface area contributed by atoms with Crippen LogP contribution in [-0.4, -0.2) is 11.1 Å². The van der Waals surface area contributed by atoms with E-state index in [0.717, 1.165) is 18.4 Å². The van der Waals surface area contributed by atoms with Crippen molar-refractivity contribution in [2.45, 2.75) is 25.8 Å². The second kappa shape index (κ2) is 7.32. The van der Waals surface area contributed by atoms with Gasteiger partial charge >= 0.3 is 0 Å². The largest absolute Gasteiger partial charge is 0.548 e. The topological polar surface area (TPSA) is 96.2 Å². The minimum atomic E-state index is -1.29. The lowest BCUT2D eigenvalue weighted by molar-refractivity contribution is -0.307. The quantitative estimate of drug-likeness (QED) is 0.852. The minimum Gasteiger partial charge on any atom is -0.548 e. The molecule has 2 rings (SSSR count). The number of aliphatic carboxylic acids is 1. The molecular formula is C18H17N2O3-. The number of carbonyl (C=O) groups excluding carboxylic acids is 1. The summed E-state index contributed by atoms with van der Waals surface area (Å²) in [6.07, 6.45) is 1.64. The summed E-state index contributed by atoms with van der Waals surface area (Å²) in [6, 6.07) is 12.2. The lowest BCUT2D eigenvalue weighted by Gasteiger charge is -2.22. The Morgan fingerprint density at radius 1 is 1.30 bits per heavy atom. The Morgan fingerprint density at radius 2 is 2.00 bits per heavy atom. The lowest BCUT2D eigenvalue weighted by atomic mass is 10.0. The molecule has 2 N–H and O–H groups in total. The van der Waals surface area contributed by atoms with Crippen molar-refractivity contribution in [1.29, 1.82) is 5.26 Å². The molecule has 0 aliphatic rings. The molecule has 1 unspecified atom stereocenters. The number of nitrogens with zero attached hydrogens (tertiary/aromatic N) is 1. The number of phenols is 1. The molecule has 5 nitrogen and oxygen atoms in total. The Labute approximate surface area is 134 Å². The summed E-state index contributed by atoms with van der Waals surface area (Å²) >= 11 is 0. The van der Waals surface area contributed by atoms with Gasteiger partial charge in [0, 0.05) is 5.69 Å². The summed E-state index contributed by atoms with van der Waals surface area (Å²) in [7, 11) is 0. The number of benzene rings is 2. The predicted octanol–water partition coefficient (Wildman–Crippen LogP) is 2.12. The van der Waals surface area contributed by atoms with Crippen molar-refractivity contribution in [3.05, 3.63) is 59.2 Å². The standard InChI is InChI=1S/C18H18N2O3/c1-2-3-13-8-14(10-16(21)9-13)17(18(22)23)20-15-6-4-12(11-19)5-7-15/h4-10,17,20-21H,2-3H2,1H3,(H,22,23)/p-1. The van der Waals surface area contributed by atoms with Crippen LogP contribution in [0.25, 0.3) is 0 Å². The van der Waals surface area contributed by atoms with Crippen LogP contribution in [0.2, 0.25) is 0 Å². The summed E-state index contributed by atoms with van der Waals surface area (Å²) in [5.74, 6) is -1.26. The number of carbonyl (C=O) groups is 1. The number of hydrogen-bond acceptors (Lipinski definition) is 5. The first-order chi connectivity index (χ1) is 11.0. The van der Waals surface area contributed by atoms with Crippen molar-refractivity contribution in [3.8, 4) is 11.8 Å². The third-order valence-corrected chi connectivity index (χ3v) is 3.43. The number of hydrogen-bond donors (Lipinski definition) is 2. The Balaban J connectivity index is 2.31. The average Bonchev–Trinajstić information content (AvgIpc) is 2.52. The fourth-order valence-corrected chi connectivity index (χ4v) is 2.39. The van der Waals surface area contributed by atoms with Gasteiger partial charge in [0.05, 0.1) is 23.6 Å². The van der Waals surface area contributed by atoms with Gasteiger partial charge in [0.1, 0.15) is 5.75 Å². The number of rotatable bonds is 6. The summed E-state index contributed by atoms with van der Waals surface area (Å²) < 4.78 is 0. The van der Waals surface area contributed by atoms with Gasteiger partial charge in [-0.2, -0.15) is 5.26 Å². The molecule has 118 valence electrons. The van der Waals surface area contributed by atoms with Crippen LogP contribution >= 0.6 is 0 Å². The highest BCUT2D eigenvalue weighted by molar-refractivity contribution is 5.77. The highest BCUT2D eigenvalue weighted by atomic mass is 16.4. The van der Waals surface area contributed by atoms with Crippen LogP contribution in [0.15, 0.2) is 42.5 Å². The normalized spacial score (nSPS) is 11.5. The van der Waals surface area contributed by atoms with Crippen LogP contribution in [0, 0.1) is 11.3 Å². The van der Waals surface area contributed by atoms with Crippen LogP contribution in [-0.2, 0) is 11.2 Å². The van der Waals surface area contributed by atoms with E-state index in [0.29, 0.717) is 16.8 Å². The second-order valence-electron chi connectivity index (χ2n) is 5.27. The van der Waals surface area contributed by atoms with E-state index in [4.69, 9.17) is 5.26 Å². The zero-order chi connectivity index (χ0) is 16.8. The molecule has 0 aliphatic carbocycles. The van der Waals surface area contributed by atoms with Crippen LogP contribution in [0.3, 0.4) is 0 Å². The van der Waals surface area contributed by atoms with E-state index >= 15 is 0 Å². The molecule has 0 fully saturated rings. The maximum Gasteiger partial charge on any atom is 0.116 e. The molecule has 2 aromatic carbocycles. The number of aromatic hydroxyl groups is 1. The van der Waals surface area contributed by atoms with Gasteiger partial charge < -0.3 is 20.3 Å². The Hall–Kier alpha value is -3.00. The third-order valence-electron chi connectivity index (χ3n) is 3.43. The smallest absolute Gasteiger partial charge is 0.116 e. The van der Waals surface area contributed by atoms with E-state index in [1.807, 2.05) is 13.0 Å². The number of phenolic OH excluding ortho intramolecular Hbond substituents is 1. The molecule has 2 aromatic rings. The second-order valence-corrected chi connectivity index (χ2v) is 5.27. The molecule has 0 radical (unpaired) electrons. The van der Waals surface area contributed by atoms with Crippen LogP contribution in [0.4, 0.5) is 5.69 Å². The zero-order valence-corrected chi connectivity index (χ0v) is 12.7. The summed E-state index contributed by atoms with van der Waals surface area (Å²) in [5.41, 5.74) is 2.34. The Kier molecular flexibility index (Phi) is 5.21. The molecule has 0 heterocycles. The summed E-state index contributed by atoms with van der Waals surface area (Å²) in [4.78, 5) is 11.5. The van der Waals surface area contributed by atoms with Crippen molar-refractivity contribution in [1.82, 2.24) is 0 Å². The van der Waals surface area contributed by atoms with Gasteiger partial charge in [-0.3, -0.25) is 0 Å². The molecule has 5 heteroatoms. The first kappa shape index (κ1) is 16.4. The van der Waals surface area contributed by atoms with Crippen LogP contribution < -0.4 is 10.4 Å². The van der Waals surface area contributed by atoms with Crippen LogP contribution in [0.5, 0.6) is 5.75 Å². The van der Waals surface area contributed by atoms with E-state index in [-0.39, 0.29) is 5.75 Å². The Bertz CT molecular complexity index is 733. The molecule has 0 bridgehead atoms. The predicted molar refractivity (Wildman–Crippen MR) is 84.6 cm³/mol. The third kappa shape index (κ3) is 4.24. The van der Waals surface area contributed by atoms with E-state index in [2.05, 4.69) is 5.32 Å². The molecule has 0 aromatic heterocycles. The minimum absolute atomic E-state index is 0.0267. The van der Waals surface area contributed by atoms with Gasteiger partial charge in [-0.15, -0.1) is 0 Å². The first-order valence-electron chi connectivity index (χ1n) is 7.34. The van der Waals surface area contributed by atoms with E-state index < -0.39 is 12.0 Å². The van der Waals surface area contributed by atoms with Gasteiger partial charge in [0.25, 0.3) is 0 Å². The number of nitriles is 1. The molecule has 0 spiro atoms. The van der Waals surface area contributed by atoms with Gasteiger partial charge in [0.2, 0.25) is 0 Å². The van der Waals surface area contributed by atoms with Crippen molar-refractivity contribution in [2.24, 2.45) is 0 Å². The van der Waals surface area contributed by atoms with Crippen molar-refractivity contribution < 1.29 is 15.0 Å². The average molecular weight is 309 g/mol. The van der Waals surface area contributed by atoms with Crippen molar-refractivity contribution in [3.63, 3.8) is 0 Å². The SMILES string of the molecule is CCCc1cc(O)cc(C(Nc2ccc(C#N)cc2)C(=O)[O-])c1. The molecule has 0 amide bonds. The maximum atomic E-state index is 11.5. The molecule has 0 saturated heterocycles. The van der Waals surface area contributed by atoms with E-state index in [1.165, 1.54) is 6.07 Å². The van der Waals surface area contributed by atoms with Gasteiger partial charge in [0.15, 0.2) is 0 Å². The number of aryl methyl sites for hydroxylation is 1. The van der Waals surface area contributed by atoms with Crippen LogP contribution in [0.1, 0.15) is 36.1 Å². The molecular weight excluding hydrogens is 292 g/mol. The van der Waals surface area contributed by atoms with Gasteiger partial charge in [-0.05, 0) is 53.9 Å². The van der Waals surface area contributed by atoms with Gasteiger partial charge in [-0.1, -0.05) is 19.4 Å². The fraction of sp³-hybridized carbons (Fsp3) is 0.222. The molecule has 0 saturated carbocycles. The lowest BCUT2D eigenvalue weighted by Crippen LogP contribution is -2.34. The summed E-state index contributed by atoms with van der Waals surface area (Å²) in [6.45, 7) is 2.01. The van der Waals surface area contributed by atoms with Crippen molar-refractivity contribution in [2.75, 3.05) is 5.32 Å². The Morgan fingerprint density at radius 3 is 2.57 bits per heavy atom. The summed E-state index contributed by atoms with van der Waals surface area (Å²) in [5, 5.41) is 33.0. The number of carboxylic acids is 1. The fourth-order valence-electron chi connectivity index (χ4n) is 2.39. The van der Waals surface area contributed by atoms with E-state index in [1.54, 1.807) is 36.4 Å². The number of anilines is 1. The molecule has 0 aliphatic heterocycles.